The monoisotopic (exact) mass is 338 g/mol. The van der Waals surface area contributed by atoms with Crippen LogP contribution < -0.4 is 5.32 Å². The molecule has 136 valence electrons. The van der Waals surface area contributed by atoms with Crippen molar-refractivity contribution >= 4 is 11.9 Å². The van der Waals surface area contributed by atoms with Crippen LogP contribution in [-0.2, 0) is 9.53 Å². The first-order chi connectivity index (χ1) is 11.4. The smallest absolute Gasteiger partial charge is 0.325 e. The third-order valence-electron chi connectivity index (χ3n) is 5.43. The fourth-order valence-corrected chi connectivity index (χ4v) is 3.95. The number of amides is 3. The van der Waals surface area contributed by atoms with Crippen molar-refractivity contribution in [3.63, 3.8) is 0 Å². The van der Waals surface area contributed by atoms with Crippen molar-refractivity contribution in [3.05, 3.63) is 0 Å². The number of nitrogens with one attached hydrogen (secondary N) is 1. The molecule has 0 bridgehead atoms. The predicted octanol–water partition coefficient (Wildman–Crippen LogP) is 0.502. The van der Waals surface area contributed by atoms with Gasteiger partial charge in [-0.25, -0.2) is 4.79 Å². The second-order valence-electron chi connectivity index (χ2n) is 7.76. The van der Waals surface area contributed by atoms with Gasteiger partial charge in [0.2, 0.25) is 0 Å². The van der Waals surface area contributed by atoms with Gasteiger partial charge < -0.3 is 15.0 Å². The Balaban J connectivity index is 1.43. The average molecular weight is 338 g/mol. The molecular formula is C17H30N4O3. The second kappa shape index (κ2) is 6.98. The van der Waals surface area contributed by atoms with Crippen molar-refractivity contribution in [2.75, 3.05) is 45.9 Å². The lowest BCUT2D eigenvalue weighted by atomic mass is 10.0. The SMILES string of the molecule is CC1CN(C2CCN(CCN3C(=O)NC(C)(C)C3=O)CC2)CCO1. The highest BCUT2D eigenvalue weighted by atomic mass is 16.5. The van der Waals surface area contributed by atoms with Crippen molar-refractivity contribution in [1.82, 2.24) is 20.0 Å². The Labute approximate surface area is 144 Å². The Bertz CT molecular complexity index is 488. The van der Waals surface area contributed by atoms with Crippen molar-refractivity contribution < 1.29 is 14.3 Å². The number of ether oxygens (including phenoxy) is 1. The minimum Gasteiger partial charge on any atom is -0.376 e. The Kier molecular flexibility index (Phi) is 5.13. The molecule has 3 rings (SSSR count). The lowest BCUT2D eigenvalue weighted by Gasteiger charge is -2.41. The van der Waals surface area contributed by atoms with Crippen LogP contribution in [-0.4, -0.2) is 90.2 Å². The number of morpholine rings is 1. The number of rotatable bonds is 4. The van der Waals surface area contributed by atoms with Gasteiger partial charge in [-0.05, 0) is 46.7 Å². The molecule has 7 heteroatoms. The lowest BCUT2D eigenvalue weighted by Crippen LogP contribution is -2.51. The number of carbonyl (C=O) groups is 2. The van der Waals surface area contributed by atoms with E-state index < -0.39 is 5.54 Å². The zero-order chi connectivity index (χ0) is 17.3. The minimum atomic E-state index is -0.767. The van der Waals surface area contributed by atoms with Crippen LogP contribution in [0.15, 0.2) is 0 Å². The number of likely N-dealkylation sites (tertiary alicyclic amines) is 1. The summed E-state index contributed by atoms with van der Waals surface area (Å²) < 4.78 is 5.63. The zero-order valence-electron chi connectivity index (χ0n) is 15.1. The molecule has 0 aliphatic carbocycles. The molecule has 0 aromatic rings. The van der Waals surface area contributed by atoms with Crippen LogP contribution in [0.5, 0.6) is 0 Å². The molecule has 3 aliphatic rings. The summed E-state index contributed by atoms with van der Waals surface area (Å²) in [6.07, 6.45) is 2.64. The summed E-state index contributed by atoms with van der Waals surface area (Å²) in [7, 11) is 0. The van der Waals surface area contributed by atoms with Crippen LogP contribution in [0.25, 0.3) is 0 Å². The van der Waals surface area contributed by atoms with Gasteiger partial charge in [0.1, 0.15) is 5.54 Å². The summed E-state index contributed by atoms with van der Waals surface area (Å²) >= 11 is 0. The third-order valence-corrected chi connectivity index (χ3v) is 5.43. The van der Waals surface area contributed by atoms with Crippen LogP contribution in [0.2, 0.25) is 0 Å². The standard InChI is InChI=1S/C17H30N4O3/c1-13-12-20(10-11-24-13)14-4-6-19(7-5-14)8-9-21-15(22)17(2,3)18-16(21)23/h13-14H,4-12H2,1-3H3,(H,18,23). The van der Waals surface area contributed by atoms with Gasteiger partial charge in [0.15, 0.2) is 0 Å². The summed E-state index contributed by atoms with van der Waals surface area (Å²) in [5, 5.41) is 2.74. The number of imide groups is 1. The van der Waals surface area contributed by atoms with Gasteiger partial charge in [-0.1, -0.05) is 0 Å². The van der Waals surface area contributed by atoms with E-state index in [1.807, 2.05) is 0 Å². The number of hydrogen-bond donors (Lipinski definition) is 1. The molecular weight excluding hydrogens is 308 g/mol. The van der Waals surface area contributed by atoms with E-state index in [1.165, 1.54) is 4.90 Å². The van der Waals surface area contributed by atoms with E-state index in [4.69, 9.17) is 4.74 Å². The second-order valence-corrected chi connectivity index (χ2v) is 7.76. The summed E-state index contributed by atoms with van der Waals surface area (Å²) in [4.78, 5) is 30.4. The molecule has 1 N–H and O–H groups in total. The zero-order valence-corrected chi connectivity index (χ0v) is 15.1. The number of nitrogens with zero attached hydrogens (tertiary/aromatic N) is 3. The predicted molar refractivity (Wildman–Crippen MR) is 90.8 cm³/mol. The molecule has 0 spiro atoms. The van der Waals surface area contributed by atoms with E-state index in [0.717, 1.165) is 52.2 Å². The molecule has 1 unspecified atom stereocenters. The van der Waals surface area contributed by atoms with Crippen molar-refractivity contribution in [1.29, 1.82) is 0 Å². The van der Waals surface area contributed by atoms with E-state index in [2.05, 4.69) is 22.0 Å². The molecule has 3 amide bonds. The fourth-order valence-electron chi connectivity index (χ4n) is 3.95. The molecule has 3 aliphatic heterocycles. The fraction of sp³-hybridized carbons (Fsp3) is 0.882. The number of hydrogen-bond acceptors (Lipinski definition) is 5. The van der Waals surface area contributed by atoms with E-state index in [9.17, 15) is 9.59 Å². The number of carbonyl (C=O) groups excluding carboxylic acids is 2. The van der Waals surface area contributed by atoms with Crippen LogP contribution in [0.3, 0.4) is 0 Å². The van der Waals surface area contributed by atoms with Gasteiger partial charge in [0.05, 0.1) is 12.7 Å². The summed E-state index contributed by atoms with van der Waals surface area (Å²) in [5.41, 5.74) is -0.767. The van der Waals surface area contributed by atoms with Crippen LogP contribution in [0, 0.1) is 0 Å². The molecule has 0 aromatic carbocycles. The molecule has 3 saturated heterocycles. The molecule has 3 fully saturated rings. The van der Waals surface area contributed by atoms with E-state index in [1.54, 1.807) is 13.8 Å². The largest absolute Gasteiger partial charge is 0.376 e. The molecule has 7 nitrogen and oxygen atoms in total. The highest BCUT2D eigenvalue weighted by molar-refractivity contribution is 6.06. The normalized spacial score (nSPS) is 30.0. The van der Waals surface area contributed by atoms with Crippen molar-refractivity contribution in [2.45, 2.75) is 51.3 Å². The molecule has 0 radical (unpaired) electrons. The van der Waals surface area contributed by atoms with E-state index in [0.29, 0.717) is 18.7 Å². The maximum atomic E-state index is 12.2. The topological polar surface area (TPSA) is 65.1 Å². The molecule has 0 aromatic heterocycles. The Hall–Kier alpha value is -1.18. The third kappa shape index (κ3) is 3.73. The first-order valence-corrected chi connectivity index (χ1v) is 9.09. The van der Waals surface area contributed by atoms with Gasteiger partial charge in [-0.2, -0.15) is 0 Å². The van der Waals surface area contributed by atoms with Crippen LogP contribution >= 0.6 is 0 Å². The molecule has 0 saturated carbocycles. The van der Waals surface area contributed by atoms with E-state index in [-0.39, 0.29) is 11.9 Å². The van der Waals surface area contributed by atoms with Gasteiger partial charge >= 0.3 is 6.03 Å². The van der Waals surface area contributed by atoms with Gasteiger partial charge in [-0.3, -0.25) is 14.6 Å². The summed E-state index contributed by atoms with van der Waals surface area (Å²) in [6.45, 7) is 11.9. The minimum absolute atomic E-state index is 0.121. The summed E-state index contributed by atoms with van der Waals surface area (Å²) in [6, 6.07) is 0.380. The number of piperidine rings is 1. The molecule has 3 heterocycles. The lowest BCUT2D eigenvalue weighted by molar-refractivity contribution is -0.130. The van der Waals surface area contributed by atoms with E-state index >= 15 is 0 Å². The molecule has 24 heavy (non-hydrogen) atoms. The summed E-state index contributed by atoms with van der Waals surface area (Å²) in [5.74, 6) is -0.121. The van der Waals surface area contributed by atoms with Crippen molar-refractivity contribution in [3.8, 4) is 0 Å². The quantitative estimate of drug-likeness (QED) is 0.757. The first-order valence-electron chi connectivity index (χ1n) is 9.09. The first kappa shape index (κ1) is 17.6. The van der Waals surface area contributed by atoms with Crippen LogP contribution in [0.1, 0.15) is 33.6 Å². The highest BCUT2D eigenvalue weighted by Crippen LogP contribution is 2.20. The Morgan fingerprint density at radius 1 is 1.17 bits per heavy atom. The average Bonchev–Trinajstić information content (AvgIpc) is 2.74. The maximum Gasteiger partial charge on any atom is 0.325 e. The van der Waals surface area contributed by atoms with Gasteiger partial charge in [-0.15, -0.1) is 0 Å². The Morgan fingerprint density at radius 2 is 1.88 bits per heavy atom. The van der Waals surface area contributed by atoms with Gasteiger partial charge in [0, 0.05) is 32.2 Å². The van der Waals surface area contributed by atoms with Crippen molar-refractivity contribution in [2.24, 2.45) is 0 Å². The Morgan fingerprint density at radius 3 is 2.46 bits per heavy atom. The van der Waals surface area contributed by atoms with Crippen LogP contribution in [0.4, 0.5) is 4.79 Å². The number of urea groups is 1. The molecule has 1 atom stereocenters. The maximum absolute atomic E-state index is 12.2. The van der Waals surface area contributed by atoms with Gasteiger partial charge in [0.25, 0.3) is 5.91 Å². The highest BCUT2D eigenvalue weighted by Gasteiger charge is 2.44.